The third kappa shape index (κ3) is 4.12. The highest BCUT2D eigenvalue weighted by molar-refractivity contribution is 5.85. The fourth-order valence-corrected chi connectivity index (χ4v) is 2.51. The lowest BCUT2D eigenvalue weighted by molar-refractivity contribution is -0.132. The second-order valence-electron chi connectivity index (χ2n) is 4.82. The summed E-state index contributed by atoms with van der Waals surface area (Å²) in [5.74, 6) is 0.268. The van der Waals surface area contributed by atoms with E-state index < -0.39 is 0 Å². The van der Waals surface area contributed by atoms with Crippen LogP contribution in [-0.4, -0.2) is 49.7 Å². The quantitative estimate of drug-likeness (QED) is 0.828. The van der Waals surface area contributed by atoms with Gasteiger partial charge in [-0.15, -0.1) is 12.4 Å². The number of nitrogens with one attached hydrogen (secondary N) is 1. The molecule has 17 heavy (non-hydrogen) atoms. The van der Waals surface area contributed by atoms with Crippen molar-refractivity contribution in [2.75, 3.05) is 26.7 Å². The fraction of sp³-hybridized carbons (Fsp3) is 0.917. The zero-order valence-electron chi connectivity index (χ0n) is 10.5. The molecule has 0 saturated carbocycles. The maximum absolute atomic E-state index is 11.9. The average Bonchev–Trinajstić information content (AvgIpc) is 2.96. The summed E-state index contributed by atoms with van der Waals surface area (Å²) in [5.41, 5.74) is 0. The van der Waals surface area contributed by atoms with Crippen LogP contribution in [0.5, 0.6) is 0 Å². The summed E-state index contributed by atoms with van der Waals surface area (Å²) in [6.07, 6.45) is 5.23. The molecule has 0 aromatic carbocycles. The number of carbonyl (C=O) groups excluding carboxylic acids is 1. The Balaban J connectivity index is 0.00000144. The van der Waals surface area contributed by atoms with E-state index in [1.165, 1.54) is 0 Å². The number of rotatable bonds is 4. The van der Waals surface area contributed by atoms with Gasteiger partial charge in [0.1, 0.15) is 0 Å². The van der Waals surface area contributed by atoms with Crippen LogP contribution in [0.4, 0.5) is 0 Å². The molecular formula is C12H23ClN2O2. The van der Waals surface area contributed by atoms with Crippen LogP contribution in [0.1, 0.15) is 32.1 Å². The molecule has 1 N–H and O–H groups in total. The van der Waals surface area contributed by atoms with Gasteiger partial charge in [-0.25, -0.2) is 0 Å². The van der Waals surface area contributed by atoms with E-state index in [0.29, 0.717) is 18.6 Å². The molecule has 100 valence electrons. The SMILES string of the molecule is CN(C(=O)CCC1CCCO1)C1CCNC1.Cl. The van der Waals surface area contributed by atoms with Crippen LogP contribution in [0.2, 0.25) is 0 Å². The minimum atomic E-state index is 0. The molecule has 2 aliphatic heterocycles. The second kappa shape index (κ2) is 7.19. The fourth-order valence-electron chi connectivity index (χ4n) is 2.51. The number of amides is 1. The lowest BCUT2D eigenvalue weighted by Crippen LogP contribution is -2.38. The van der Waals surface area contributed by atoms with Gasteiger partial charge in [-0.1, -0.05) is 0 Å². The average molecular weight is 263 g/mol. The molecule has 2 atom stereocenters. The van der Waals surface area contributed by atoms with Gasteiger partial charge in [-0.2, -0.15) is 0 Å². The van der Waals surface area contributed by atoms with Crippen molar-refractivity contribution in [3.8, 4) is 0 Å². The van der Waals surface area contributed by atoms with E-state index in [1.807, 2.05) is 11.9 Å². The first kappa shape index (κ1) is 14.7. The van der Waals surface area contributed by atoms with Gasteiger partial charge in [-0.3, -0.25) is 4.79 Å². The zero-order chi connectivity index (χ0) is 11.4. The van der Waals surface area contributed by atoms with Crippen molar-refractivity contribution in [1.82, 2.24) is 10.2 Å². The first-order valence-electron chi connectivity index (χ1n) is 6.35. The van der Waals surface area contributed by atoms with E-state index in [-0.39, 0.29) is 18.3 Å². The van der Waals surface area contributed by atoms with Crippen molar-refractivity contribution in [3.63, 3.8) is 0 Å². The molecule has 4 nitrogen and oxygen atoms in total. The molecule has 1 amide bonds. The van der Waals surface area contributed by atoms with Crippen molar-refractivity contribution in [1.29, 1.82) is 0 Å². The summed E-state index contributed by atoms with van der Waals surface area (Å²) in [6.45, 7) is 2.86. The Kier molecular flexibility index (Phi) is 6.23. The smallest absolute Gasteiger partial charge is 0.222 e. The first-order valence-corrected chi connectivity index (χ1v) is 6.35. The van der Waals surface area contributed by atoms with Gasteiger partial charge < -0.3 is 15.0 Å². The molecule has 2 unspecified atom stereocenters. The zero-order valence-corrected chi connectivity index (χ0v) is 11.3. The Morgan fingerprint density at radius 3 is 2.88 bits per heavy atom. The number of carbonyl (C=O) groups is 1. The lowest BCUT2D eigenvalue weighted by Gasteiger charge is -2.24. The van der Waals surface area contributed by atoms with Crippen molar-refractivity contribution in [2.45, 2.75) is 44.2 Å². The van der Waals surface area contributed by atoms with E-state index in [2.05, 4.69) is 5.32 Å². The molecule has 0 aromatic heterocycles. The highest BCUT2D eigenvalue weighted by atomic mass is 35.5. The molecule has 0 spiro atoms. The summed E-state index contributed by atoms with van der Waals surface area (Å²) in [7, 11) is 1.93. The molecule has 0 radical (unpaired) electrons. The number of hydrogen-bond acceptors (Lipinski definition) is 3. The Hall–Kier alpha value is -0.320. The molecule has 5 heteroatoms. The van der Waals surface area contributed by atoms with E-state index in [1.54, 1.807) is 0 Å². The van der Waals surface area contributed by atoms with Crippen LogP contribution in [-0.2, 0) is 9.53 Å². The van der Waals surface area contributed by atoms with E-state index in [4.69, 9.17) is 4.74 Å². The summed E-state index contributed by atoms with van der Waals surface area (Å²) in [4.78, 5) is 13.8. The third-order valence-electron chi connectivity index (χ3n) is 3.68. The van der Waals surface area contributed by atoms with E-state index >= 15 is 0 Å². The van der Waals surface area contributed by atoms with Crippen LogP contribution in [0.3, 0.4) is 0 Å². The third-order valence-corrected chi connectivity index (χ3v) is 3.68. The minimum Gasteiger partial charge on any atom is -0.378 e. The lowest BCUT2D eigenvalue weighted by atomic mass is 10.1. The van der Waals surface area contributed by atoms with Gasteiger partial charge in [0, 0.05) is 32.7 Å². The van der Waals surface area contributed by atoms with Crippen LogP contribution in [0.25, 0.3) is 0 Å². The van der Waals surface area contributed by atoms with Gasteiger partial charge in [0.2, 0.25) is 5.91 Å². The monoisotopic (exact) mass is 262 g/mol. The van der Waals surface area contributed by atoms with Gasteiger partial charge in [0.25, 0.3) is 0 Å². The maximum atomic E-state index is 11.9. The van der Waals surface area contributed by atoms with E-state index in [0.717, 1.165) is 45.4 Å². The standard InChI is InChI=1S/C12H22N2O2.ClH/c1-14(10-6-7-13-9-10)12(15)5-4-11-3-2-8-16-11;/h10-11,13H,2-9H2,1H3;1H. The van der Waals surface area contributed by atoms with E-state index in [9.17, 15) is 4.79 Å². The van der Waals surface area contributed by atoms with Gasteiger partial charge in [-0.05, 0) is 32.2 Å². The number of halogens is 1. The van der Waals surface area contributed by atoms with Crippen molar-refractivity contribution in [3.05, 3.63) is 0 Å². The molecule has 2 heterocycles. The van der Waals surface area contributed by atoms with Crippen LogP contribution in [0, 0.1) is 0 Å². The van der Waals surface area contributed by atoms with Crippen LogP contribution >= 0.6 is 12.4 Å². The highest BCUT2D eigenvalue weighted by Gasteiger charge is 2.24. The summed E-state index contributed by atoms with van der Waals surface area (Å²) < 4.78 is 5.53. The molecule has 2 saturated heterocycles. The Morgan fingerprint density at radius 2 is 2.29 bits per heavy atom. The molecule has 2 rings (SSSR count). The van der Waals surface area contributed by atoms with Crippen molar-refractivity contribution >= 4 is 18.3 Å². The van der Waals surface area contributed by atoms with Crippen LogP contribution in [0.15, 0.2) is 0 Å². The molecule has 2 fully saturated rings. The van der Waals surface area contributed by atoms with Gasteiger partial charge in [0.05, 0.1) is 6.10 Å². The molecular weight excluding hydrogens is 240 g/mol. The topological polar surface area (TPSA) is 41.6 Å². The van der Waals surface area contributed by atoms with Crippen molar-refractivity contribution < 1.29 is 9.53 Å². The molecule has 0 aromatic rings. The normalized spacial score (nSPS) is 27.8. The Bertz CT molecular complexity index is 239. The maximum Gasteiger partial charge on any atom is 0.222 e. The van der Waals surface area contributed by atoms with Gasteiger partial charge >= 0.3 is 0 Å². The molecule has 0 aliphatic carbocycles. The molecule has 0 bridgehead atoms. The number of hydrogen-bond donors (Lipinski definition) is 1. The Morgan fingerprint density at radius 1 is 1.47 bits per heavy atom. The number of likely N-dealkylation sites (N-methyl/N-ethyl adjacent to an activating group) is 1. The van der Waals surface area contributed by atoms with Gasteiger partial charge in [0.15, 0.2) is 0 Å². The number of nitrogens with zero attached hydrogens (tertiary/aromatic N) is 1. The number of ether oxygens (including phenoxy) is 1. The predicted octanol–water partition coefficient (Wildman–Crippen LogP) is 1.19. The first-order chi connectivity index (χ1) is 7.77. The van der Waals surface area contributed by atoms with Crippen LogP contribution < -0.4 is 5.32 Å². The second-order valence-corrected chi connectivity index (χ2v) is 4.82. The minimum absolute atomic E-state index is 0. The summed E-state index contributed by atoms with van der Waals surface area (Å²) in [6, 6.07) is 0.400. The summed E-state index contributed by atoms with van der Waals surface area (Å²) >= 11 is 0. The summed E-state index contributed by atoms with van der Waals surface area (Å²) in [5, 5.41) is 3.29. The van der Waals surface area contributed by atoms with Crippen molar-refractivity contribution in [2.24, 2.45) is 0 Å². The molecule has 2 aliphatic rings. The highest BCUT2D eigenvalue weighted by Crippen LogP contribution is 2.18. The predicted molar refractivity (Wildman–Crippen MR) is 69.5 cm³/mol. The largest absolute Gasteiger partial charge is 0.378 e. The Labute approximate surface area is 109 Å².